The summed E-state index contributed by atoms with van der Waals surface area (Å²) in [6.07, 6.45) is 3.93. The lowest BCUT2D eigenvalue weighted by atomic mass is 10.1. The van der Waals surface area contributed by atoms with Gasteiger partial charge in [0, 0.05) is 38.9 Å². The van der Waals surface area contributed by atoms with Crippen molar-refractivity contribution in [2.24, 2.45) is 5.92 Å². The maximum Gasteiger partial charge on any atom is 0.257 e. The molecule has 0 bridgehead atoms. The molecule has 0 unspecified atom stereocenters. The molecule has 0 saturated carbocycles. The summed E-state index contributed by atoms with van der Waals surface area (Å²) in [4.78, 5) is 14.2. The maximum atomic E-state index is 12.4. The quantitative estimate of drug-likeness (QED) is 0.814. The molecule has 1 aromatic rings. The summed E-state index contributed by atoms with van der Waals surface area (Å²) in [5, 5.41) is 4.38. The van der Waals surface area contributed by atoms with Crippen LogP contribution in [0.2, 0.25) is 0 Å². The van der Waals surface area contributed by atoms with Gasteiger partial charge < -0.3 is 9.64 Å². The zero-order valence-electron chi connectivity index (χ0n) is 12.1. The molecule has 1 aliphatic rings. The van der Waals surface area contributed by atoms with Gasteiger partial charge >= 0.3 is 0 Å². The second kappa shape index (κ2) is 6.19. The van der Waals surface area contributed by atoms with E-state index in [0.717, 1.165) is 50.4 Å². The van der Waals surface area contributed by atoms with Crippen LogP contribution in [0.3, 0.4) is 0 Å². The Morgan fingerprint density at radius 2 is 2.42 bits per heavy atom. The van der Waals surface area contributed by atoms with Crippen molar-refractivity contribution >= 4 is 5.91 Å². The van der Waals surface area contributed by atoms with E-state index in [9.17, 15) is 4.79 Å². The molecular weight excluding hydrogens is 242 g/mol. The number of aromatic nitrogens is 2. The van der Waals surface area contributed by atoms with Crippen LogP contribution in [-0.4, -0.2) is 47.4 Å². The van der Waals surface area contributed by atoms with Gasteiger partial charge in [-0.05, 0) is 19.8 Å². The average molecular weight is 265 g/mol. The van der Waals surface area contributed by atoms with Gasteiger partial charge in [0.2, 0.25) is 0 Å². The Morgan fingerprint density at radius 1 is 1.63 bits per heavy atom. The minimum atomic E-state index is 0.0618. The number of nitrogens with zero attached hydrogens (tertiary/aromatic N) is 3. The van der Waals surface area contributed by atoms with Crippen LogP contribution < -0.4 is 0 Å². The first-order valence-corrected chi connectivity index (χ1v) is 6.99. The van der Waals surface area contributed by atoms with Crippen molar-refractivity contribution in [3.05, 3.63) is 17.5 Å². The number of carbonyl (C=O) groups is 1. The number of hydrogen-bond acceptors (Lipinski definition) is 3. The fourth-order valence-corrected chi connectivity index (χ4v) is 2.47. The minimum absolute atomic E-state index is 0.0618. The Kier molecular flexibility index (Phi) is 4.58. The number of aryl methyl sites for hydroxylation is 2. The van der Waals surface area contributed by atoms with Crippen molar-refractivity contribution in [2.75, 3.05) is 26.8 Å². The molecule has 0 spiro atoms. The third-order valence-corrected chi connectivity index (χ3v) is 3.53. The summed E-state index contributed by atoms with van der Waals surface area (Å²) in [6, 6.07) is 0. The second-order valence-corrected chi connectivity index (χ2v) is 5.31. The summed E-state index contributed by atoms with van der Waals surface area (Å²) < 4.78 is 7.21. The first-order valence-electron chi connectivity index (χ1n) is 6.99. The molecule has 0 aromatic carbocycles. The van der Waals surface area contributed by atoms with Crippen LogP contribution in [0.15, 0.2) is 6.20 Å². The highest BCUT2D eigenvalue weighted by atomic mass is 16.5. The first-order chi connectivity index (χ1) is 9.11. The van der Waals surface area contributed by atoms with Crippen LogP contribution in [0.5, 0.6) is 0 Å². The predicted molar refractivity (Wildman–Crippen MR) is 73.1 cm³/mol. The molecule has 106 valence electrons. The average Bonchev–Trinajstić information content (AvgIpc) is 2.99. The third-order valence-electron chi connectivity index (χ3n) is 3.53. The van der Waals surface area contributed by atoms with Gasteiger partial charge in [-0.15, -0.1) is 0 Å². The van der Waals surface area contributed by atoms with Crippen LogP contribution >= 0.6 is 0 Å². The molecule has 1 aliphatic heterocycles. The normalized spacial score (nSPS) is 18.8. The standard InChI is InChI=1S/C14H23N3O2/c1-4-6-17-9-13(11(2)15-17)14(18)16(3)8-12-5-7-19-10-12/h9,12H,4-8,10H2,1-3H3/t12-/m1/s1. The molecule has 1 fully saturated rings. The number of carbonyl (C=O) groups excluding carboxylic acids is 1. The molecule has 0 aliphatic carbocycles. The molecule has 5 heteroatoms. The van der Waals surface area contributed by atoms with Gasteiger partial charge in [-0.3, -0.25) is 9.48 Å². The van der Waals surface area contributed by atoms with Crippen molar-refractivity contribution in [1.29, 1.82) is 0 Å². The Morgan fingerprint density at radius 3 is 3.05 bits per heavy atom. The van der Waals surface area contributed by atoms with E-state index in [1.807, 2.05) is 24.9 Å². The molecule has 2 heterocycles. The summed E-state index contributed by atoms with van der Waals surface area (Å²) >= 11 is 0. The Hall–Kier alpha value is -1.36. The highest BCUT2D eigenvalue weighted by Crippen LogP contribution is 2.16. The topological polar surface area (TPSA) is 47.4 Å². The summed E-state index contributed by atoms with van der Waals surface area (Å²) in [5.41, 5.74) is 1.53. The molecule has 2 rings (SSSR count). The van der Waals surface area contributed by atoms with E-state index in [1.165, 1.54) is 0 Å². The van der Waals surface area contributed by atoms with Crippen molar-refractivity contribution < 1.29 is 9.53 Å². The van der Waals surface area contributed by atoms with Crippen LogP contribution in [0.4, 0.5) is 0 Å². The molecule has 0 N–H and O–H groups in total. The first kappa shape index (κ1) is 14.1. The van der Waals surface area contributed by atoms with E-state index in [-0.39, 0.29) is 5.91 Å². The van der Waals surface area contributed by atoms with E-state index in [2.05, 4.69) is 12.0 Å². The summed E-state index contributed by atoms with van der Waals surface area (Å²) in [6.45, 7) is 7.20. The lowest BCUT2D eigenvalue weighted by molar-refractivity contribution is 0.0765. The van der Waals surface area contributed by atoms with Crippen molar-refractivity contribution in [3.8, 4) is 0 Å². The Bertz CT molecular complexity index is 436. The number of rotatable bonds is 5. The monoisotopic (exact) mass is 265 g/mol. The molecule has 19 heavy (non-hydrogen) atoms. The number of ether oxygens (including phenoxy) is 1. The van der Waals surface area contributed by atoms with Crippen LogP contribution in [0.25, 0.3) is 0 Å². The fourth-order valence-electron chi connectivity index (χ4n) is 2.47. The lowest BCUT2D eigenvalue weighted by Crippen LogP contribution is -2.32. The molecule has 1 aromatic heterocycles. The van der Waals surface area contributed by atoms with Crippen molar-refractivity contribution in [2.45, 2.75) is 33.2 Å². The fraction of sp³-hybridized carbons (Fsp3) is 0.714. The number of amides is 1. The molecule has 1 saturated heterocycles. The summed E-state index contributed by atoms with van der Waals surface area (Å²) in [7, 11) is 1.86. The van der Waals surface area contributed by atoms with Crippen LogP contribution in [0, 0.1) is 12.8 Å². The maximum absolute atomic E-state index is 12.4. The molecular formula is C14H23N3O2. The van der Waals surface area contributed by atoms with Gasteiger partial charge in [0.25, 0.3) is 5.91 Å². The van der Waals surface area contributed by atoms with E-state index in [4.69, 9.17) is 4.74 Å². The van der Waals surface area contributed by atoms with E-state index in [1.54, 1.807) is 4.90 Å². The Labute approximate surface area is 114 Å². The van der Waals surface area contributed by atoms with Crippen molar-refractivity contribution in [1.82, 2.24) is 14.7 Å². The molecule has 0 radical (unpaired) electrons. The third kappa shape index (κ3) is 3.35. The zero-order valence-corrected chi connectivity index (χ0v) is 12.1. The molecule has 5 nitrogen and oxygen atoms in total. The summed E-state index contributed by atoms with van der Waals surface area (Å²) in [5.74, 6) is 0.534. The number of hydrogen-bond donors (Lipinski definition) is 0. The van der Waals surface area contributed by atoms with Crippen LogP contribution in [0.1, 0.15) is 35.8 Å². The van der Waals surface area contributed by atoms with Gasteiger partial charge in [0.15, 0.2) is 0 Å². The van der Waals surface area contributed by atoms with E-state index in [0.29, 0.717) is 5.92 Å². The van der Waals surface area contributed by atoms with E-state index >= 15 is 0 Å². The molecule has 1 atom stereocenters. The SMILES string of the molecule is CCCn1cc(C(=O)N(C)C[C@H]2CCOC2)c(C)n1. The highest BCUT2D eigenvalue weighted by Gasteiger charge is 2.22. The van der Waals surface area contributed by atoms with Gasteiger partial charge in [-0.1, -0.05) is 6.92 Å². The van der Waals surface area contributed by atoms with Gasteiger partial charge in [-0.25, -0.2) is 0 Å². The van der Waals surface area contributed by atoms with Crippen molar-refractivity contribution in [3.63, 3.8) is 0 Å². The molecule has 1 amide bonds. The zero-order chi connectivity index (χ0) is 13.8. The lowest BCUT2D eigenvalue weighted by Gasteiger charge is -2.19. The largest absolute Gasteiger partial charge is 0.381 e. The van der Waals surface area contributed by atoms with Crippen LogP contribution in [-0.2, 0) is 11.3 Å². The highest BCUT2D eigenvalue weighted by molar-refractivity contribution is 5.94. The predicted octanol–water partition coefficient (Wildman–Crippen LogP) is 1.71. The second-order valence-electron chi connectivity index (χ2n) is 5.31. The Balaban J connectivity index is 2.01. The minimum Gasteiger partial charge on any atom is -0.381 e. The van der Waals surface area contributed by atoms with Gasteiger partial charge in [-0.2, -0.15) is 5.10 Å². The smallest absolute Gasteiger partial charge is 0.257 e. The van der Waals surface area contributed by atoms with Gasteiger partial charge in [0.1, 0.15) is 0 Å². The van der Waals surface area contributed by atoms with E-state index < -0.39 is 0 Å². The van der Waals surface area contributed by atoms with Gasteiger partial charge in [0.05, 0.1) is 17.9 Å².